The average molecular weight is 393 g/mol. The molecule has 2 aromatic heterocycles. The van der Waals surface area contributed by atoms with Crippen LogP contribution in [-0.4, -0.2) is 45.6 Å². The summed E-state index contributed by atoms with van der Waals surface area (Å²) in [6, 6.07) is 1.95. The molecule has 0 bridgehead atoms. The number of ether oxygens (including phenoxy) is 1. The Balaban J connectivity index is 1.53. The summed E-state index contributed by atoms with van der Waals surface area (Å²) in [7, 11) is 0. The first-order valence-corrected chi connectivity index (χ1v) is 10.5. The van der Waals surface area contributed by atoms with Crippen LogP contribution in [0.4, 0.5) is 5.13 Å². The summed E-state index contributed by atoms with van der Waals surface area (Å²) in [6.45, 7) is 10.1. The summed E-state index contributed by atoms with van der Waals surface area (Å²) < 4.78 is 8.48. The molecule has 8 heteroatoms. The highest BCUT2D eigenvalue weighted by molar-refractivity contribution is 8.01. The number of nitrogens with zero attached hydrogens (tertiary/aromatic N) is 3. The van der Waals surface area contributed by atoms with Gasteiger partial charge in [-0.15, -0.1) is 16.8 Å². The van der Waals surface area contributed by atoms with Crippen molar-refractivity contribution in [2.45, 2.75) is 43.7 Å². The SMILES string of the molecule is C=CCn1c(C)cc(C(=O)CSc2nnc(NCC3CCCO3)s2)c1C. The molecule has 0 saturated carbocycles. The zero-order valence-electron chi connectivity index (χ0n) is 15.2. The number of aryl methyl sites for hydroxylation is 1. The Bertz CT molecular complexity index is 778. The predicted molar refractivity (Wildman–Crippen MR) is 107 cm³/mol. The molecule has 0 spiro atoms. The van der Waals surface area contributed by atoms with E-state index in [0.29, 0.717) is 12.3 Å². The van der Waals surface area contributed by atoms with E-state index in [2.05, 4.69) is 26.7 Å². The Morgan fingerprint density at radius 3 is 3.12 bits per heavy atom. The number of hydrogen-bond donors (Lipinski definition) is 1. The van der Waals surface area contributed by atoms with Gasteiger partial charge < -0.3 is 14.6 Å². The van der Waals surface area contributed by atoms with Crippen molar-refractivity contribution in [3.05, 3.63) is 35.7 Å². The van der Waals surface area contributed by atoms with Gasteiger partial charge in [-0.2, -0.15) is 0 Å². The van der Waals surface area contributed by atoms with Crippen LogP contribution in [-0.2, 0) is 11.3 Å². The first kappa shape index (κ1) is 19.1. The molecule has 1 unspecified atom stereocenters. The van der Waals surface area contributed by atoms with Gasteiger partial charge in [0.25, 0.3) is 0 Å². The fraction of sp³-hybridized carbons (Fsp3) is 0.500. The number of nitrogens with one attached hydrogen (secondary N) is 1. The second kappa shape index (κ2) is 8.83. The van der Waals surface area contributed by atoms with Crippen molar-refractivity contribution in [1.29, 1.82) is 0 Å². The smallest absolute Gasteiger partial charge is 0.206 e. The molecule has 1 aliphatic heterocycles. The van der Waals surface area contributed by atoms with Gasteiger partial charge >= 0.3 is 0 Å². The first-order chi connectivity index (χ1) is 12.6. The minimum absolute atomic E-state index is 0.113. The van der Waals surface area contributed by atoms with Crippen molar-refractivity contribution >= 4 is 34.0 Å². The summed E-state index contributed by atoms with van der Waals surface area (Å²) in [5.74, 6) is 0.473. The largest absolute Gasteiger partial charge is 0.376 e. The lowest BCUT2D eigenvalue weighted by Crippen LogP contribution is -2.18. The van der Waals surface area contributed by atoms with Gasteiger partial charge in [0, 0.05) is 36.6 Å². The van der Waals surface area contributed by atoms with E-state index in [1.165, 1.54) is 23.1 Å². The molecule has 3 rings (SSSR count). The third kappa shape index (κ3) is 4.55. The Morgan fingerprint density at radius 2 is 2.38 bits per heavy atom. The number of aromatic nitrogens is 3. The number of anilines is 1. The molecule has 26 heavy (non-hydrogen) atoms. The van der Waals surface area contributed by atoms with Crippen LogP contribution in [0.25, 0.3) is 0 Å². The van der Waals surface area contributed by atoms with Gasteiger partial charge in [-0.1, -0.05) is 29.2 Å². The maximum Gasteiger partial charge on any atom is 0.206 e. The van der Waals surface area contributed by atoms with Crippen LogP contribution in [0.3, 0.4) is 0 Å². The van der Waals surface area contributed by atoms with Crippen molar-refractivity contribution in [2.24, 2.45) is 0 Å². The van der Waals surface area contributed by atoms with Gasteiger partial charge in [0.1, 0.15) is 0 Å². The molecule has 3 heterocycles. The fourth-order valence-corrected chi connectivity index (χ4v) is 4.69. The summed E-state index contributed by atoms with van der Waals surface area (Å²) in [5.41, 5.74) is 2.84. The molecular formula is C18H24N4O2S2. The molecule has 0 amide bonds. The van der Waals surface area contributed by atoms with Crippen molar-refractivity contribution in [3.63, 3.8) is 0 Å². The molecule has 1 atom stereocenters. The molecule has 2 aromatic rings. The number of rotatable bonds is 9. The van der Waals surface area contributed by atoms with Crippen molar-refractivity contribution in [1.82, 2.24) is 14.8 Å². The van der Waals surface area contributed by atoms with E-state index < -0.39 is 0 Å². The fourth-order valence-electron chi connectivity index (χ4n) is 3.04. The van der Waals surface area contributed by atoms with Crippen LogP contribution in [0, 0.1) is 13.8 Å². The maximum atomic E-state index is 12.6. The quantitative estimate of drug-likeness (QED) is 0.399. The number of thioether (sulfide) groups is 1. The maximum absolute atomic E-state index is 12.6. The number of ketones is 1. The Kier molecular flexibility index (Phi) is 6.50. The van der Waals surface area contributed by atoms with Crippen LogP contribution in [0.5, 0.6) is 0 Å². The van der Waals surface area contributed by atoms with E-state index >= 15 is 0 Å². The molecule has 1 N–H and O–H groups in total. The number of carbonyl (C=O) groups is 1. The van der Waals surface area contributed by atoms with Crippen LogP contribution in [0.2, 0.25) is 0 Å². The number of hydrogen-bond acceptors (Lipinski definition) is 7. The van der Waals surface area contributed by atoms with Gasteiger partial charge in [-0.05, 0) is 32.8 Å². The van der Waals surface area contributed by atoms with Crippen LogP contribution in [0.15, 0.2) is 23.1 Å². The third-order valence-corrected chi connectivity index (χ3v) is 6.44. The molecule has 0 aliphatic carbocycles. The minimum atomic E-state index is 0.113. The average Bonchev–Trinajstić information content (AvgIpc) is 3.35. The van der Waals surface area contributed by atoms with Crippen LogP contribution in [0.1, 0.15) is 34.6 Å². The van der Waals surface area contributed by atoms with Crippen molar-refractivity contribution in [3.8, 4) is 0 Å². The second-order valence-electron chi connectivity index (χ2n) is 6.28. The normalized spacial score (nSPS) is 16.8. The van der Waals surface area contributed by atoms with Gasteiger partial charge in [0.2, 0.25) is 5.13 Å². The Hall–Kier alpha value is -1.64. The standard InChI is InChI=1S/C18H24N4O2S2/c1-4-7-22-12(2)9-15(13(22)3)16(23)11-25-18-21-20-17(26-18)19-10-14-6-5-8-24-14/h4,9,14H,1,5-8,10-11H2,2-3H3,(H,19,20). The van der Waals surface area contributed by atoms with Gasteiger partial charge in [0.05, 0.1) is 11.9 Å². The van der Waals surface area contributed by atoms with Gasteiger partial charge in [0.15, 0.2) is 10.1 Å². The zero-order valence-corrected chi connectivity index (χ0v) is 16.8. The van der Waals surface area contributed by atoms with E-state index in [0.717, 1.165) is 52.4 Å². The van der Waals surface area contributed by atoms with E-state index in [9.17, 15) is 4.79 Å². The summed E-state index contributed by atoms with van der Waals surface area (Å²) in [6.07, 6.45) is 4.32. The molecule has 6 nitrogen and oxygen atoms in total. The van der Waals surface area contributed by atoms with E-state index in [4.69, 9.17) is 4.74 Å². The molecule has 1 aliphatic rings. The summed E-state index contributed by atoms with van der Waals surface area (Å²) >= 11 is 2.91. The van der Waals surface area contributed by atoms with E-state index in [-0.39, 0.29) is 11.9 Å². The molecule has 1 fully saturated rings. The monoisotopic (exact) mass is 392 g/mol. The van der Waals surface area contributed by atoms with Gasteiger partial charge in [-0.3, -0.25) is 4.79 Å². The number of carbonyl (C=O) groups excluding carboxylic acids is 1. The van der Waals surface area contributed by atoms with Crippen molar-refractivity contribution < 1.29 is 9.53 Å². The minimum Gasteiger partial charge on any atom is -0.376 e. The molecule has 1 saturated heterocycles. The van der Waals surface area contributed by atoms with E-state index in [1.54, 1.807) is 0 Å². The van der Waals surface area contributed by atoms with E-state index in [1.807, 2.05) is 26.0 Å². The number of Topliss-reactive ketones (excluding diaryl/α,β-unsaturated/α-hetero) is 1. The first-order valence-electron chi connectivity index (χ1n) is 8.71. The molecule has 0 aromatic carbocycles. The zero-order chi connectivity index (χ0) is 18.5. The van der Waals surface area contributed by atoms with Gasteiger partial charge in [-0.25, -0.2) is 0 Å². The van der Waals surface area contributed by atoms with Crippen LogP contribution >= 0.6 is 23.1 Å². The lowest BCUT2D eigenvalue weighted by molar-refractivity contribution is 0.102. The Morgan fingerprint density at radius 1 is 1.54 bits per heavy atom. The lowest BCUT2D eigenvalue weighted by Gasteiger charge is -2.08. The number of allylic oxidation sites excluding steroid dienone is 1. The Labute approximate surface area is 162 Å². The highest BCUT2D eigenvalue weighted by Gasteiger charge is 2.18. The molecule has 0 radical (unpaired) electrons. The van der Waals surface area contributed by atoms with Crippen LogP contribution < -0.4 is 5.32 Å². The van der Waals surface area contributed by atoms with Crippen molar-refractivity contribution in [2.75, 3.05) is 24.2 Å². The highest BCUT2D eigenvalue weighted by atomic mass is 32.2. The molecular weight excluding hydrogens is 368 g/mol. The lowest BCUT2D eigenvalue weighted by atomic mass is 10.2. The highest BCUT2D eigenvalue weighted by Crippen LogP contribution is 2.27. The summed E-state index contributed by atoms with van der Waals surface area (Å²) in [5, 5.41) is 12.3. The summed E-state index contributed by atoms with van der Waals surface area (Å²) in [4.78, 5) is 12.6. The third-order valence-electron chi connectivity index (χ3n) is 4.42. The molecule has 140 valence electrons. The second-order valence-corrected chi connectivity index (χ2v) is 8.48. The predicted octanol–water partition coefficient (Wildman–Crippen LogP) is 3.71. The topological polar surface area (TPSA) is 69.0 Å².